The summed E-state index contributed by atoms with van der Waals surface area (Å²) in [7, 11) is 1.54. The van der Waals surface area contributed by atoms with Crippen LogP contribution in [0.1, 0.15) is 31.9 Å². The van der Waals surface area contributed by atoms with Crippen molar-refractivity contribution in [3.63, 3.8) is 0 Å². The quantitative estimate of drug-likeness (QED) is 0.372. The van der Waals surface area contributed by atoms with Gasteiger partial charge in [-0.25, -0.2) is 0 Å². The van der Waals surface area contributed by atoms with E-state index < -0.39 is 0 Å². The van der Waals surface area contributed by atoms with E-state index in [0.717, 1.165) is 5.56 Å². The van der Waals surface area contributed by atoms with Crippen LogP contribution < -0.4 is 10.5 Å². The molecule has 0 fully saturated rings. The molecule has 0 heterocycles. The molecule has 0 bridgehead atoms. The Bertz CT molecular complexity index is 436. The van der Waals surface area contributed by atoms with Gasteiger partial charge in [0.05, 0.1) is 24.9 Å². The van der Waals surface area contributed by atoms with Crippen molar-refractivity contribution in [3.05, 3.63) is 29.3 Å². The molecule has 0 atom stereocenters. The van der Waals surface area contributed by atoms with Crippen LogP contribution in [0.4, 0.5) is 0 Å². The van der Waals surface area contributed by atoms with E-state index in [4.69, 9.17) is 20.4 Å². The van der Waals surface area contributed by atoms with E-state index in [1.54, 1.807) is 12.1 Å². The SMILES string of the molecule is COc1ccc(COC(C)(C)C)cc1C(N)=NO. The van der Waals surface area contributed by atoms with E-state index in [1.165, 1.54) is 7.11 Å². The molecule has 0 aliphatic rings. The van der Waals surface area contributed by atoms with Crippen LogP contribution in [0.5, 0.6) is 5.75 Å². The maximum Gasteiger partial charge on any atom is 0.173 e. The normalized spacial score (nSPS) is 12.6. The van der Waals surface area contributed by atoms with E-state index >= 15 is 0 Å². The topological polar surface area (TPSA) is 77.1 Å². The molecular formula is C13H20N2O3. The number of rotatable bonds is 4. The minimum atomic E-state index is -0.212. The molecule has 0 aliphatic carbocycles. The highest BCUT2D eigenvalue weighted by Crippen LogP contribution is 2.21. The molecule has 0 unspecified atom stereocenters. The van der Waals surface area contributed by atoms with Gasteiger partial charge in [0.2, 0.25) is 0 Å². The second-order valence-electron chi connectivity index (χ2n) is 4.92. The summed E-state index contributed by atoms with van der Waals surface area (Å²) in [6.45, 7) is 6.42. The van der Waals surface area contributed by atoms with E-state index in [1.807, 2.05) is 26.8 Å². The summed E-state index contributed by atoms with van der Waals surface area (Å²) < 4.78 is 10.8. The first-order chi connectivity index (χ1) is 8.37. The molecule has 3 N–H and O–H groups in total. The van der Waals surface area contributed by atoms with Gasteiger partial charge in [-0.15, -0.1) is 0 Å². The third kappa shape index (κ3) is 3.92. The lowest BCUT2D eigenvalue weighted by Crippen LogP contribution is -2.19. The van der Waals surface area contributed by atoms with Gasteiger partial charge in [-0.2, -0.15) is 0 Å². The first kappa shape index (κ1) is 14.3. The van der Waals surface area contributed by atoms with Crippen LogP contribution >= 0.6 is 0 Å². The number of benzene rings is 1. The molecule has 5 nitrogen and oxygen atoms in total. The molecule has 100 valence electrons. The highest BCUT2D eigenvalue weighted by atomic mass is 16.5. The smallest absolute Gasteiger partial charge is 0.173 e. The van der Waals surface area contributed by atoms with Crippen LogP contribution in [-0.4, -0.2) is 23.8 Å². The Morgan fingerprint density at radius 3 is 2.56 bits per heavy atom. The minimum absolute atomic E-state index is 0.0180. The molecule has 1 rings (SSSR count). The average molecular weight is 252 g/mol. The van der Waals surface area contributed by atoms with E-state index in [2.05, 4.69) is 5.16 Å². The third-order valence-electron chi connectivity index (χ3n) is 2.32. The Labute approximate surface area is 107 Å². The van der Waals surface area contributed by atoms with Crippen LogP contribution in [0, 0.1) is 0 Å². The number of ether oxygens (including phenoxy) is 2. The fraction of sp³-hybridized carbons (Fsp3) is 0.462. The van der Waals surface area contributed by atoms with Crippen molar-refractivity contribution >= 4 is 5.84 Å². The monoisotopic (exact) mass is 252 g/mol. The zero-order chi connectivity index (χ0) is 13.8. The average Bonchev–Trinajstić information content (AvgIpc) is 2.34. The number of hydrogen-bond donors (Lipinski definition) is 2. The highest BCUT2D eigenvalue weighted by Gasteiger charge is 2.12. The molecular weight excluding hydrogens is 232 g/mol. The van der Waals surface area contributed by atoms with E-state index in [-0.39, 0.29) is 11.4 Å². The van der Waals surface area contributed by atoms with Gasteiger partial charge < -0.3 is 20.4 Å². The second-order valence-corrected chi connectivity index (χ2v) is 4.92. The first-order valence-electron chi connectivity index (χ1n) is 5.66. The molecule has 18 heavy (non-hydrogen) atoms. The third-order valence-corrected chi connectivity index (χ3v) is 2.32. The number of oxime groups is 1. The number of methoxy groups -OCH3 is 1. The molecule has 0 amide bonds. The fourth-order valence-corrected chi connectivity index (χ4v) is 1.40. The predicted octanol–water partition coefficient (Wildman–Crippen LogP) is 2.10. The first-order valence-corrected chi connectivity index (χ1v) is 5.66. The Kier molecular flexibility index (Phi) is 4.55. The summed E-state index contributed by atoms with van der Waals surface area (Å²) >= 11 is 0. The molecule has 5 heteroatoms. The lowest BCUT2D eigenvalue weighted by Gasteiger charge is -2.20. The number of amidine groups is 1. The fourth-order valence-electron chi connectivity index (χ4n) is 1.40. The Morgan fingerprint density at radius 2 is 2.06 bits per heavy atom. The number of nitrogens with zero attached hydrogens (tertiary/aromatic N) is 1. The summed E-state index contributed by atoms with van der Waals surface area (Å²) in [4.78, 5) is 0. The molecule has 0 radical (unpaired) electrons. The number of hydrogen-bond acceptors (Lipinski definition) is 4. The summed E-state index contributed by atoms with van der Waals surface area (Å²) in [5, 5.41) is 11.7. The Hall–Kier alpha value is -1.75. The van der Waals surface area contributed by atoms with Gasteiger partial charge in [0.15, 0.2) is 5.84 Å². The lowest BCUT2D eigenvalue weighted by molar-refractivity contribution is -0.0149. The van der Waals surface area contributed by atoms with Crippen molar-refractivity contribution in [3.8, 4) is 5.75 Å². The molecule has 0 spiro atoms. The second kappa shape index (κ2) is 5.73. The Morgan fingerprint density at radius 1 is 1.39 bits per heavy atom. The van der Waals surface area contributed by atoms with Crippen molar-refractivity contribution < 1.29 is 14.7 Å². The van der Waals surface area contributed by atoms with Gasteiger partial charge in [0, 0.05) is 0 Å². The van der Waals surface area contributed by atoms with Crippen LogP contribution in [0.2, 0.25) is 0 Å². The highest BCUT2D eigenvalue weighted by molar-refractivity contribution is 5.99. The zero-order valence-corrected chi connectivity index (χ0v) is 11.2. The molecule has 0 saturated heterocycles. The van der Waals surface area contributed by atoms with Crippen LogP contribution in [0.3, 0.4) is 0 Å². The molecule has 0 saturated carbocycles. The van der Waals surface area contributed by atoms with Gasteiger partial charge in [0.25, 0.3) is 0 Å². The van der Waals surface area contributed by atoms with Gasteiger partial charge >= 0.3 is 0 Å². The summed E-state index contributed by atoms with van der Waals surface area (Å²) in [6.07, 6.45) is 0. The molecule has 0 aromatic heterocycles. The summed E-state index contributed by atoms with van der Waals surface area (Å²) in [5.41, 5.74) is 6.88. The van der Waals surface area contributed by atoms with E-state index in [0.29, 0.717) is 17.9 Å². The van der Waals surface area contributed by atoms with Crippen molar-refractivity contribution in [2.75, 3.05) is 7.11 Å². The zero-order valence-electron chi connectivity index (χ0n) is 11.2. The van der Waals surface area contributed by atoms with Crippen molar-refractivity contribution in [1.29, 1.82) is 0 Å². The Balaban J connectivity index is 2.96. The van der Waals surface area contributed by atoms with E-state index in [9.17, 15) is 0 Å². The standard InChI is InChI=1S/C13H20N2O3/c1-13(2,3)18-8-9-5-6-11(17-4)10(7-9)12(14)15-16/h5-7,16H,8H2,1-4H3,(H2,14,15). The van der Waals surface area contributed by atoms with Crippen LogP contribution in [0.15, 0.2) is 23.4 Å². The molecule has 1 aromatic rings. The maximum atomic E-state index is 8.73. The van der Waals surface area contributed by atoms with Crippen LogP contribution in [-0.2, 0) is 11.3 Å². The van der Waals surface area contributed by atoms with Gasteiger partial charge in [-0.3, -0.25) is 0 Å². The number of nitrogens with two attached hydrogens (primary N) is 1. The summed E-state index contributed by atoms with van der Waals surface area (Å²) in [6, 6.07) is 5.45. The van der Waals surface area contributed by atoms with Crippen molar-refractivity contribution in [1.82, 2.24) is 0 Å². The van der Waals surface area contributed by atoms with Crippen LogP contribution in [0.25, 0.3) is 0 Å². The minimum Gasteiger partial charge on any atom is -0.496 e. The van der Waals surface area contributed by atoms with Gasteiger partial charge in [-0.05, 0) is 38.5 Å². The summed E-state index contributed by atoms with van der Waals surface area (Å²) in [5.74, 6) is 0.578. The molecule has 0 aliphatic heterocycles. The van der Waals surface area contributed by atoms with Gasteiger partial charge in [-0.1, -0.05) is 11.2 Å². The van der Waals surface area contributed by atoms with Crippen molar-refractivity contribution in [2.24, 2.45) is 10.9 Å². The van der Waals surface area contributed by atoms with Crippen molar-refractivity contribution in [2.45, 2.75) is 33.0 Å². The predicted molar refractivity (Wildman–Crippen MR) is 70.0 cm³/mol. The largest absolute Gasteiger partial charge is 0.496 e. The van der Waals surface area contributed by atoms with Gasteiger partial charge in [0.1, 0.15) is 5.75 Å². The lowest BCUT2D eigenvalue weighted by atomic mass is 10.1. The maximum absolute atomic E-state index is 8.73. The molecule has 1 aromatic carbocycles.